The summed E-state index contributed by atoms with van der Waals surface area (Å²) in [7, 11) is 0. The number of carbonyl (C=O) groups excluding carboxylic acids is 1. The van der Waals surface area contributed by atoms with Crippen LogP contribution in [-0.4, -0.2) is 23.4 Å². The van der Waals surface area contributed by atoms with E-state index in [1.165, 1.54) is 0 Å². The van der Waals surface area contributed by atoms with Crippen LogP contribution in [0.25, 0.3) is 0 Å². The van der Waals surface area contributed by atoms with Crippen LogP contribution in [0.1, 0.15) is 35.2 Å². The SMILES string of the molecule is Cc1cc(Cl)cc(C(=O)N2CCCCC2C#N)c1. The molecule has 1 unspecified atom stereocenters. The summed E-state index contributed by atoms with van der Waals surface area (Å²) in [4.78, 5) is 14.1. The molecule has 1 saturated heterocycles. The molecule has 0 spiro atoms. The Morgan fingerprint density at radius 1 is 1.44 bits per heavy atom. The highest BCUT2D eigenvalue weighted by Gasteiger charge is 2.27. The minimum absolute atomic E-state index is 0.0909. The van der Waals surface area contributed by atoms with Crippen LogP contribution in [-0.2, 0) is 0 Å². The zero-order valence-electron chi connectivity index (χ0n) is 10.3. The summed E-state index contributed by atoms with van der Waals surface area (Å²) < 4.78 is 0. The highest BCUT2D eigenvalue weighted by Crippen LogP contribution is 2.21. The topological polar surface area (TPSA) is 44.1 Å². The van der Waals surface area contributed by atoms with Gasteiger partial charge in [-0.15, -0.1) is 0 Å². The second-order valence-electron chi connectivity index (χ2n) is 4.66. The van der Waals surface area contributed by atoms with Gasteiger partial charge >= 0.3 is 0 Å². The number of rotatable bonds is 1. The van der Waals surface area contributed by atoms with Gasteiger partial charge in [0.15, 0.2) is 0 Å². The molecule has 2 rings (SSSR count). The van der Waals surface area contributed by atoms with Gasteiger partial charge in [-0.2, -0.15) is 5.26 Å². The molecule has 1 aliphatic rings. The standard InChI is InChI=1S/C14H15ClN2O/c1-10-6-11(8-12(15)7-10)14(18)17-5-3-2-4-13(17)9-16/h6-8,13H,2-5H2,1H3. The van der Waals surface area contributed by atoms with Gasteiger partial charge in [0.25, 0.3) is 5.91 Å². The smallest absolute Gasteiger partial charge is 0.254 e. The van der Waals surface area contributed by atoms with Crippen molar-refractivity contribution in [3.05, 3.63) is 34.3 Å². The summed E-state index contributed by atoms with van der Waals surface area (Å²) in [6, 6.07) is 7.20. The molecule has 1 fully saturated rings. The van der Waals surface area contributed by atoms with Crippen LogP contribution < -0.4 is 0 Å². The first-order chi connectivity index (χ1) is 8.61. The molecule has 1 heterocycles. The van der Waals surface area contributed by atoms with Gasteiger partial charge in [0, 0.05) is 17.1 Å². The molecule has 4 heteroatoms. The molecular weight excluding hydrogens is 248 g/mol. The number of carbonyl (C=O) groups is 1. The number of benzene rings is 1. The van der Waals surface area contributed by atoms with Gasteiger partial charge in [0.05, 0.1) is 6.07 Å². The number of hydrogen-bond acceptors (Lipinski definition) is 2. The number of likely N-dealkylation sites (tertiary alicyclic amines) is 1. The van der Waals surface area contributed by atoms with Crippen molar-refractivity contribution >= 4 is 17.5 Å². The van der Waals surface area contributed by atoms with Crippen LogP contribution in [0.2, 0.25) is 5.02 Å². The Kier molecular flexibility index (Phi) is 3.88. The van der Waals surface area contributed by atoms with Crippen molar-refractivity contribution in [1.29, 1.82) is 5.26 Å². The van der Waals surface area contributed by atoms with E-state index in [0.717, 1.165) is 24.8 Å². The highest BCUT2D eigenvalue weighted by atomic mass is 35.5. The van der Waals surface area contributed by atoms with Gasteiger partial charge in [0.2, 0.25) is 0 Å². The Hall–Kier alpha value is -1.53. The van der Waals surface area contributed by atoms with Crippen LogP contribution in [0.4, 0.5) is 0 Å². The lowest BCUT2D eigenvalue weighted by Gasteiger charge is -2.31. The molecule has 18 heavy (non-hydrogen) atoms. The molecule has 0 radical (unpaired) electrons. The van der Waals surface area contributed by atoms with Crippen molar-refractivity contribution in [3.8, 4) is 6.07 Å². The van der Waals surface area contributed by atoms with E-state index in [2.05, 4.69) is 6.07 Å². The number of piperidine rings is 1. The molecule has 94 valence electrons. The molecule has 0 bridgehead atoms. The molecule has 0 saturated carbocycles. The third-order valence-electron chi connectivity index (χ3n) is 3.20. The maximum absolute atomic E-state index is 12.4. The molecule has 3 nitrogen and oxygen atoms in total. The van der Waals surface area contributed by atoms with Gasteiger partial charge in [-0.05, 0) is 49.9 Å². The second kappa shape index (κ2) is 5.41. The lowest BCUT2D eigenvalue weighted by molar-refractivity contribution is 0.0670. The van der Waals surface area contributed by atoms with E-state index in [1.54, 1.807) is 11.0 Å². The Bertz CT molecular complexity index is 487. The number of aryl methyl sites for hydroxylation is 1. The molecule has 0 aromatic heterocycles. The zero-order valence-corrected chi connectivity index (χ0v) is 11.1. The van der Waals surface area contributed by atoms with Crippen molar-refractivity contribution in [2.45, 2.75) is 32.2 Å². The molecule has 0 aliphatic carbocycles. The molecule has 1 atom stereocenters. The van der Waals surface area contributed by atoms with Crippen molar-refractivity contribution in [3.63, 3.8) is 0 Å². The van der Waals surface area contributed by atoms with Crippen molar-refractivity contribution in [1.82, 2.24) is 4.90 Å². The summed E-state index contributed by atoms with van der Waals surface area (Å²) in [5.41, 5.74) is 1.53. The minimum atomic E-state index is -0.300. The third-order valence-corrected chi connectivity index (χ3v) is 3.42. The molecular formula is C14H15ClN2O. The predicted octanol–water partition coefficient (Wildman–Crippen LogP) is 3.17. The first-order valence-corrected chi connectivity index (χ1v) is 6.47. The maximum Gasteiger partial charge on any atom is 0.254 e. The van der Waals surface area contributed by atoms with E-state index in [0.29, 0.717) is 17.1 Å². The van der Waals surface area contributed by atoms with Crippen LogP contribution in [0, 0.1) is 18.3 Å². The average Bonchev–Trinajstić information content (AvgIpc) is 2.36. The summed E-state index contributed by atoms with van der Waals surface area (Å²) in [6.45, 7) is 2.56. The first-order valence-electron chi connectivity index (χ1n) is 6.09. The Morgan fingerprint density at radius 2 is 2.22 bits per heavy atom. The number of halogens is 1. The zero-order chi connectivity index (χ0) is 13.1. The lowest BCUT2D eigenvalue weighted by atomic mass is 10.0. The van der Waals surface area contributed by atoms with Crippen LogP contribution in [0.15, 0.2) is 18.2 Å². The van der Waals surface area contributed by atoms with Gasteiger partial charge in [-0.25, -0.2) is 0 Å². The lowest BCUT2D eigenvalue weighted by Crippen LogP contribution is -2.42. The Labute approximate surface area is 112 Å². The van der Waals surface area contributed by atoms with E-state index in [9.17, 15) is 4.79 Å². The van der Waals surface area contributed by atoms with E-state index in [-0.39, 0.29) is 11.9 Å². The maximum atomic E-state index is 12.4. The number of nitriles is 1. The number of amides is 1. The van der Waals surface area contributed by atoms with E-state index in [4.69, 9.17) is 16.9 Å². The van der Waals surface area contributed by atoms with Crippen LogP contribution >= 0.6 is 11.6 Å². The van der Waals surface area contributed by atoms with Gasteiger partial charge in [-0.3, -0.25) is 4.79 Å². The van der Waals surface area contributed by atoms with Crippen LogP contribution in [0.5, 0.6) is 0 Å². The molecule has 1 aromatic carbocycles. The Morgan fingerprint density at radius 3 is 2.89 bits per heavy atom. The normalized spacial score (nSPS) is 19.4. The molecule has 0 N–H and O–H groups in total. The highest BCUT2D eigenvalue weighted by molar-refractivity contribution is 6.31. The minimum Gasteiger partial charge on any atom is -0.323 e. The van der Waals surface area contributed by atoms with Gasteiger partial charge in [-0.1, -0.05) is 11.6 Å². The first kappa shape index (κ1) is 12.9. The average molecular weight is 263 g/mol. The Balaban J connectivity index is 2.27. The van der Waals surface area contributed by atoms with E-state index >= 15 is 0 Å². The van der Waals surface area contributed by atoms with Crippen LogP contribution in [0.3, 0.4) is 0 Å². The fourth-order valence-electron chi connectivity index (χ4n) is 2.33. The molecule has 1 amide bonds. The summed E-state index contributed by atoms with van der Waals surface area (Å²) in [5, 5.41) is 9.66. The second-order valence-corrected chi connectivity index (χ2v) is 5.09. The van der Waals surface area contributed by atoms with Gasteiger partial charge < -0.3 is 4.90 Å². The number of hydrogen-bond donors (Lipinski definition) is 0. The summed E-state index contributed by atoms with van der Waals surface area (Å²) in [6.07, 6.45) is 2.74. The summed E-state index contributed by atoms with van der Waals surface area (Å²) >= 11 is 5.97. The third kappa shape index (κ3) is 2.65. The van der Waals surface area contributed by atoms with Crippen molar-refractivity contribution in [2.24, 2.45) is 0 Å². The largest absolute Gasteiger partial charge is 0.323 e. The molecule has 1 aromatic rings. The van der Waals surface area contributed by atoms with Crippen molar-refractivity contribution in [2.75, 3.05) is 6.54 Å². The van der Waals surface area contributed by atoms with Gasteiger partial charge in [0.1, 0.15) is 6.04 Å². The number of nitrogens with zero attached hydrogens (tertiary/aromatic N) is 2. The van der Waals surface area contributed by atoms with Crippen molar-refractivity contribution < 1.29 is 4.79 Å². The fraction of sp³-hybridized carbons (Fsp3) is 0.429. The molecule has 1 aliphatic heterocycles. The quantitative estimate of drug-likeness (QED) is 0.780. The summed E-state index contributed by atoms with van der Waals surface area (Å²) in [5.74, 6) is -0.0909. The fourth-order valence-corrected chi connectivity index (χ4v) is 2.62. The monoisotopic (exact) mass is 262 g/mol. The van der Waals surface area contributed by atoms with E-state index < -0.39 is 0 Å². The van der Waals surface area contributed by atoms with E-state index in [1.807, 2.05) is 19.1 Å². The predicted molar refractivity (Wildman–Crippen MR) is 70.5 cm³/mol.